The lowest BCUT2D eigenvalue weighted by atomic mass is 10.2. The third kappa shape index (κ3) is 5.47. The molecule has 0 saturated carbocycles. The molecule has 162 valence electrons. The molecular formula is C23H21BrClNO3S2. The molecule has 0 fully saturated rings. The van der Waals surface area contributed by atoms with Crippen LogP contribution in [-0.2, 0) is 27.2 Å². The molecule has 3 aromatic carbocycles. The topological polar surface area (TPSA) is 56.1 Å². The number of halogens is 2. The Labute approximate surface area is 198 Å². The van der Waals surface area contributed by atoms with E-state index in [1.54, 1.807) is 42.5 Å². The van der Waals surface area contributed by atoms with Crippen molar-refractivity contribution in [1.82, 2.24) is 3.97 Å². The number of benzene rings is 3. The van der Waals surface area contributed by atoms with Crippen molar-refractivity contribution in [1.29, 1.82) is 0 Å². The Morgan fingerprint density at radius 3 is 2.19 bits per heavy atom. The molecule has 4 rings (SSSR count). The molecule has 8 heteroatoms. The fourth-order valence-electron chi connectivity index (χ4n) is 3.00. The highest BCUT2D eigenvalue weighted by atomic mass is 79.9. The summed E-state index contributed by atoms with van der Waals surface area (Å²) in [5.74, 6) is 0. The van der Waals surface area contributed by atoms with Crippen LogP contribution in [0.4, 0.5) is 0 Å². The summed E-state index contributed by atoms with van der Waals surface area (Å²) in [6, 6.07) is 23.0. The summed E-state index contributed by atoms with van der Waals surface area (Å²) in [7, 11) is -5.29. The molecule has 0 bridgehead atoms. The Bertz CT molecular complexity index is 1320. The number of fused-ring (bicyclic) bond motifs is 1. The second kappa shape index (κ2) is 10.1. The molecule has 0 amide bonds. The number of rotatable bonds is 4. The van der Waals surface area contributed by atoms with Gasteiger partial charge in [0.1, 0.15) is 5.03 Å². The molecule has 1 atom stereocenters. The Morgan fingerprint density at radius 2 is 1.61 bits per heavy atom. The highest BCUT2D eigenvalue weighted by Gasteiger charge is 2.24. The van der Waals surface area contributed by atoms with Crippen molar-refractivity contribution in [2.75, 3.05) is 6.26 Å². The maximum atomic E-state index is 12.9. The zero-order chi connectivity index (χ0) is 22.6. The van der Waals surface area contributed by atoms with Gasteiger partial charge in [-0.25, -0.2) is 12.4 Å². The minimum atomic E-state index is -3.83. The minimum Gasteiger partial charge on any atom is -0.253 e. The van der Waals surface area contributed by atoms with Crippen LogP contribution < -0.4 is 0 Å². The van der Waals surface area contributed by atoms with Gasteiger partial charge in [0, 0.05) is 21.1 Å². The van der Waals surface area contributed by atoms with Gasteiger partial charge < -0.3 is 0 Å². The SMILES string of the molecule is CCc1ccc(Br)cc1.CS(=O)c1cc2cc(Cl)ccc2n1S(=O)(=O)c1ccccc1. The van der Waals surface area contributed by atoms with Crippen molar-refractivity contribution in [2.24, 2.45) is 0 Å². The molecule has 4 aromatic rings. The van der Waals surface area contributed by atoms with Gasteiger partial charge in [0.25, 0.3) is 10.0 Å². The average Bonchev–Trinajstić information content (AvgIpc) is 3.15. The van der Waals surface area contributed by atoms with E-state index in [2.05, 4.69) is 47.1 Å². The van der Waals surface area contributed by atoms with Crippen LogP contribution in [0.3, 0.4) is 0 Å². The van der Waals surface area contributed by atoms with Crippen LogP contribution in [0.1, 0.15) is 12.5 Å². The van der Waals surface area contributed by atoms with Crippen LogP contribution in [-0.4, -0.2) is 22.9 Å². The fraction of sp³-hybridized carbons (Fsp3) is 0.130. The minimum absolute atomic E-state index is 0.147. The molecule has 0 radical (unpaired) electrons. The van der Waals surface area contributed by atoms with Crippen molar-refractivity contribution < 1.29 is 12.6 Å². The van der Waals surface area contributed by atoms with Gasteiger partial charge in [-0.1, -0.05) is 64.8 Å². The summed E-state index contributed by atoms with van der Waals surface area (Å²) in [6.45, 7) is 2.16. The largest absolute Gasteiger partial charge is 0.269 e. The van der Waals surface area contributed by atoms with Gasteiger partial charge in [-0.05, 0) is 60.5 Å². The smallest absolute Gasteiger partial charge is 0.253 e. The number of aryl methyl sites for hydroxylation is 1. The zero-order valence-corrected chi connectivity index (χ0v) is 20.9. The normalized spacial score (nSPS) is 12.3. The van der Waals surface area contributed by atoms with Gasteiger partial charge in [0.05, 0.1) is 21.2 Å². The molecule has 1 unspecified atom stereocenters. The van der Waals surface area contributed by atoms with Gasteiger partial charge in [-0.3, -0.25) is 4.21 Å². The second-order valence-electron chi connectivity index (χ2n) is 6.70. The Hall–Kier alpha value is -1.93. The van der Waals surface area contributed by atoms with E-state index in [1.165, 1.54) is 24.0 Å². The monoisotopic (exact) mass is 537 g/mol. The summed E-state index contributed by atoms with van der Waals surface area (Å²) in [5.41, 5.74) is 1.84. The van der Waals surface area contributed by atoms with Crippen LogP contribution in [0.5, 0.6) is 0 Å². The average molecular weight is 539 g/mol. The summed E-state index contributed by atoms with van der Waals surface area (Å²) in [6.07, 6.45) is 2.57. The molecule has 1 heterocycles. The second-order valence-corrected chi connectivity index (χ2v) is 11.2. The van der Waals surface area contributed by atoms with Crippen LogP contribution in [0.25, 0.3) is 10.9 Å². The molecular weight excluding hydrogens is 518 g/mol. The molecule has 4 nitrogen and oxygen atoms in total. The third-order valence-electron chi connectivity index (χ3n) is 4.58. The number of aromatic nitrogens is 1. The van der Waals surface area contributed by atoms with Crippen LogP contribution in [0, 0.1) is 0 Å². The predicted octanol–water partition coefficient (Wildman–Crippen LogP) is 6.28. The summed E-state index contributed by atoms with van der Waals surface area (Å²) in [5, 5.41) is 1.36. The maximum Gasteiger partial charge on any atom is 0.269 e. The highest BCUT2D eigenvalue weighted by molar-refractivity contribution is 9.10. The molecule has 1 aromatic heterocycles. The zero-order valence-electron chi connectivity index (χ0n) is 17.0. The Morgan fingerprint density at radius 1 is 0.968 bits per heavy atom. The molecule has 0 saturated heterocycles. The first-order chi connectivity index (χ1) is 14.7. The van der Waals surface area contributed by atoms with Crippen LogP contribution in [0.2, 0.25) is 5.02 Å². The van der Waals surface area contributed by atoms with Crippen molar-refractivity contribution in [3.63, 3.8) is 0 Å². The quantitative estimate of drug-likeness (QED) is 0.307. The van der Waals surface area contributed by atoms with E-state index in [0.29, 0.717) is 15.9 Å². The van der Waals surface area contributed by atoms with Gasteiger partial charge in [-0.2, -0.15) is 0 Å². The van der Waals surface area contributed by atoms with Crippen molar-refractivity contribution in [3.05, 3.63) is 93.9 Å². The first-order valence-corrected chi connectivity index (χ1v) is 13.6. The molecule has 0 N–H and O–H groups in total. The number of nitrogens with zero attached hydrogens (tertiary/aromatic N) is 1. The Balaban J connectivity index is 0.000000254. The fourth-order valence-corrected chi connectivity index (χ4v) is 6.11. The van der Waals surface area contributed by atoms with Gasteiger partial charge >= 0.3 is 0 Å². The van der Waals surface area contributed by atoms with E-state index in [1.807, 2.05) is 0 Å². The maximum absolute atomic E-state index is 12.9. The number of hydrogen-bond donors (Lipinski definition) is 0. The van der Waals surface area contributed by atoms with E-state index in [9.17, 15) is 12.6 Å². The van der Waals surface area contributed by atoms with Gasteiger partial charge in [0.2, 0.25) is 0 Å². The summed E-state index contributed by atoms with van der Waals surface area (Å²) in [4.78, 5) is 0.147. The van der Waals surface area contributed by atoms with Crippen LogP contribution >= 0.6 is 27.5 Å². The van der Waals surface area contributed by atoms with E-state index in [4.69, 9.17) is 11.6 Å². The van der Waals surface area contributed by atoms with Crippen molar-refractivity contribution in [3.8, 4) is 0 Å². The van der Waals surface area contributed by atoms with Gasteiger partial charge in [-0.15, -0.1) is 0 Å². The standard InChI is InChI=1S/C15H12ClNO3S2.C8H9Br/c1-21(18)15-10-11-9-12(16)7-8-14(11)17(15)22(19,20)13-5-3-2-4-6-13;1-2-7-3-5-8(9)6-4-7/h2-10H,1H3;3-6H,2H2,1H3. The van der Waals surface area contributed by atoms with Crippen molar-refractivity contribution >= 4 is 59.3 Å². The van der Waals surface area contributed by atoms with Crippen LogP contribution in [0.15, 0.2) is 93.3 Å². The molecule has 0 spiro atoms. The first kappa shape index (κ1) is 23.7. The van der Waals surface area contributed by atoms with E-state index in [0.717, 1.165) is 14.9 Å². The lowest BCUT2D eigenvalue weighted by Gasteiger charge is -2.10. The highest BCUT2D eigenvalue weighted by Crippen LogP contribution is 2.29. The summed E-state index contributed by atoms with van der Waals surface area (Å²) < 4.78 is 40.1. The van der Waals surface area contributed by atoms with E-state index in [-0.39, 0.29) is 9.92 Å². The van der Waals surface area contributed by atoms with Crippen molar-refractivity contribution in [2.45, 2.75) is 23.3 Å². The lowest BCUT2D eigenvalue weighted by molar-refractivity contribution is 0.584. The third-order valence-corrected chi connectivity index (χ3v) is 8.10. The number of hydrogen-bond acceptors (Lipinski definition) is 3. The first-order valence-electron chi connectivity index (χ1n) is 9.43. The van der Waals surface area contributed by atoms with E-state index < -0.39 is 20.8 Å². The van der Waals surface area contributed by atoms with E-state index >= 15 is 0 Å². The van der Waals surface area contributed by atoms with Gasteiger partial charge in [0.15, 0.2) is 0 Å². The molecule has 0 aliphatic heterocycles. The molecule has 0 aliphatic carbocycles. The molecule has 0 aliphatic rings. The Kier molecular flexibility index (Phi) is 7.75. The molecule has 31 heavy (non-hydrogen) atoms. The predicted molar refractivity (Wildman–Crippen MR) is 132 cm³/mol. The lowest BCUT2D eigenvalue weighted by Crippen LogP contribution is -2.15. The summed E-state index contributed by atoms with van der Waals surface area (Å²) >= 11 is 9.33.